The first-order valence-electron chi connectivity index (χ1n) is 13.1. The van der Waals surface area contributed by atoms with E-state index in [4.69, 9.17) is 4.52 Å². The predicted molar refractivity (Wildman–Crippen MR) is 137 cm³/mol. The normalized spacial score (nSPS) is 15.4. The highest BCUT2D eigenvalue weighted by atomic mass is 31.2. The van der Waals surface area contributed by atoms with Crippen LogP contribution in [0.15, 0.2) is 12.2 Å². The Morgan fingerprint density at radius 3 is 1.61 bits per heavy atom. The van der Waals surface area contributed by atoms with Gasteiger partial charge in [0.05, 0.1) is 27.7 Å². The van der Waals surface area contributed by atoms with Crippen molar-refractivity contribution in [3.8, 4) is 0 Å². The second kappa shape index (κ2) is 19.3. The zero-order valence-corrected chi connectivity index (χ0v) is 22.5. The van der Waals surface area contributed by atoms with Crippen LogP contribution in [0.25, 0.3) is 0 Å². The Bertz CT molecular complexity index is 474. The maximum absolute atomic E-state index is 12.6. The lowest BCUT2D eigenvalue weighted by atomic mass is 10.0. The van der Waals surface area contributed by atoms with E-state index in [-0.39, 0.29) is 5.78 Å². The van der Waals surface area contributed by atoms with Gasteiger partial charge in [-0.25, -0.2) is 0 Å². The third-order valence-corrected chi connectivity index (χ3v) is 8.35. The van der Waals surface area contributed by atoms with Crippen LogP contribution in [0.5, 0.6) is 0 Å². The maximum Gasteiger partial charge on any atom is 0.385 e. The standard InChI is InChI=1S/C26H54NO3P/c1-6-8-9-10-11-12-13-14-15-16-17-18-19-20-21-22-23-25-30-31(28,29)26(24-7-2)27(3,4)5/h6,8,26H,7,9-25H2,1-5H3/p+1/b8-6-. The van der Waals surface area contributed by atoms with Gasteiger partial charge < -0.3 is 13.9 Å². The fourth-order valence-corrected chi connectivity index (χ4v) is 6.20. The van der Waals surface area contributed by atoms with Crippen LogP contribution in [0.2, 0.25) is 0 Å². The molecule has 0 bridgehead atoms. The van der Waals surface area contributed by atoms with Gasteiger partial charge in [0.1, 0.15) is 0 Å². The van der Waals surface area contributed by atoms with Crippen LogP contribution in [0.4, 0.5) is 0 Å². The highest BCUT2D eigenvalue weighted by molar-refractivity contribution is 7.53. The number of unbranched alkanes of at least 4 members (excludes halogenated alkanes) is 14. The van der Waals surface area contributed by atoms with Crippen LogP contribution in [-0.2, 0) is 9.09 Å². The molecule has 0 radical (unpaired) electrons. The summed E-state index contributed by atoms with van der Waals surface area (Å²) in [6.07, 6.45) is 25.6. The minimum Gasteiger partial charge on any atom is -0.320 e. The zero-order chi connectivity index (χ0) is 23.4. The molecule has 0 aliphatic carbocycles. The van der Waals surface area contributed by atoms with Crippen LogP contribution >= 0.6 is 7.60 Å². The van der Waals surface area contributed by atoms with Crippen molar-refractivity contribution >= 4 is 7.60 Å². The quantitative estimate of drug-likeness (QED) is 0.0763. The molecule has 0 heterocycles. The molecule has 186 valence electrons. The van der Waals surface area contributed by atoms with E-state index in [1.807, 2.05) is 21.1 Å². The molecule has 0 saturated heterocycles. The van der Waals surface area contributed by atoms with Crippen molar-refractivity contribution in [2.75, 3.05) is 27.7 Å². The van der Waals surface area contributed by atoms with E-state index in [1.165, 1.54) is 83.5 Å². The highest BCUT2D eigenvalue weighted by Gasteiger charge is 2.41. The topological polar surface area (TPSA) is 46.5 Å². The molecular weight excluding hydrogens is 405 g/mol. The summed E-state index contributed by atoms with van der Waals surface area (Å²) in [5.41, 5.74) is 0. The molecule has 0 saturated carbocycles. The highest BCUT2D eigenvalue weighted by Crippen LogP contribution is 2.51. The Hall–Kier alpha value is -0.150. The lowest BCUT2D eigenvalue weighted by molar-refractivity contribution is -0.883. The summed E-state index contributed by atoms with van der Waals surface area (Å²) in [6.45, 7) is 4.56. The largest absolute Gasteiger partial charge is 0.385 e. The molecule has 0 aromatic heterocycles. The number of nitrogens with zero attached hydrogens (tertiary/aromatic N) is 1. The van der Waals surface area contributed by atoms with Gasteiger partial charge in [0.25, 0.3) is 0 Å². The van der Waals surface area contributed by atoms with E-state index in [0.717, 1.165) is 19.3 Å². The average molecular weight is 461 g/mol. The van der Waals surface area contributed by atoms with Crippen LogP contribution in [0, 0.1) is 0 Å². The molecule has 5 heteroatoms. The zero-order valence-electron chi connectivity index (χ0n) is 21.6. The van der Waals surface area contributed by atoms with Crippen LogP contribution in [-0.4, -0.2) is 42.9 Å². The number of rotatable bonds is 22. The number of hydrogen-bond donors (Lipinski definition) is 1. The van der Waals surface area contributed by atoms with Gasteiger partial charge in [0, 0.05) is 6.42 Å². The molecule has 2 atom stereocenters. The third kappa shape index (κ3) is 18.0. The van der Waals surface area contributed by atoms with Crippen molar-refractivity contribution in [3.63, 3.8) is 0 Å². The predicted octanol–water partition coefficient (Wildman–Crippen LogP) is 8.45. The molecular formula is C26H55NO3P+. The molecule has 0 aliphatic rings. The van der Waals surface area contributed by atoms with Crippen molar-refractivity contribution in [2.45, 2.75) is 129 Å². The number of quaternary nitrogens is 1. The lowest BCUT2D eigenvalue weighted by Crippen LogP contribution is -2.45. The van der Waals surface area contributed by atoms with Crippen molar-refractivity contribution in [1.82, 2.24) is 0 Å². The minimum absolute atomic E-state index is 0.333. The molecule has 0 fully saturated rings. The molecule has 0 rings (SSSR count). The van der Waals surface area contributed by atoms with E-state index in [2.05, 4.69) is 26.0 Å². The van der Waals surface area contributed by atoms with Gasteiger partial charge in [-0.1, -0.05) is 96.1 Å². The Morgan fingerprint density at radius 1 is 0.806 bits per heavy atom. The summed E-state index contributed by atoms with van der Waals surface area (Å²) in [4.78, 5) is 10.4. The summed E-state index contributed by atoms with van der Waals surface area (Å²) < 4.78 is 18.6. The van der Waals surface area contributed by atoms with Crippen molar-refractivity contribution < 1.29 is 18.5 Å². The fraction of sp³-hybridized carbons (Fsp3) is 0.923. The average Bonchev–Trinajstić information content (AvgIpc) is 2.70. The molecule has 0 amide bonds. The lowest BCUT2D eigenvalue weighted by Gasteiger charge is -2.35. The van der Waals surface area contributed by atoms with Crippen molar-refractivity contribution in [1.29, 1.82) is 0 Å². The summed E-state index contributed by atoms with van der Waals surface area (Å²) >= 11 is 0. The first-order chi connectivity index (χ1) is 14.8. The first kappa shape index (κ1) is 30.9. The smallest absolute Gasteiger partial charge is 0.320 e. The third-order valence-electron chi connectivity index (χ3n) is 6.09. The Kier molecular flexibility index (Phi) is 19.2. The van der Waals surface area contributed by atoms with Gasteiger partial charge in [-0.15, -0.1) is 0 Å². The SMILES string of the molecule is C/C=C\CCCCCCCCCCCCCCCCOP(=O)(O)C(CCC)[N+](C)(C)C. The van der Waals surface area contributed by atoms with Crippen LogP contribution in [0.1, 0.15) is 123 Å². The molecule has 0 aromatic carbocycles. The van der Waals surface area contributed by atoms with Gasteiger partial charge in [-0.3, -0.25) is 4.57 Å². The monoisotopic (exact) mass is 460 g/mol. The fourth-order valence-electron chi connectivity index (χ4n) is 4.18. The van der Waals surface area contributed by atoms with Crippen LogP contribution in [0.3, 0.4) is 0 Å². The van der Waals surface area contributed by atoms with E-state index in [1.54, 1.807) is 0 Å². The second-order valence-electron chi connectivity index (χ2n) is 10.1. The first-order valence-corrected chi connectivity index (χ1v) is 14.8. The van der Waals surface area contributed by atoms with E-state index in [0.29, 0.717) is 17.5 Å². The molecule has 4 nitrogen and oxygen atoms in total. The van der Waals surface area contributed by atoms with E-state index >= 15 is 0 Å². The van der Waals surface area contributed by atoms with Crippen molar-refractivity contribution in [3.05, 3.63) is 12.2 Å². The van der Waals surface area contributed by atoms with E-state index < -0.39 is 7.60 Å². The molecule has 0 aliphatic heterocycles. The van der Waals surface area contributed by atoms with Crippen molar-refractivity contribution in [2.24, 2.45) is 0 Å². The summed E-state index contributed by atoms with van der Waals surface area (Å²) in [5, 5.41) is 0. The van der Waals surface area contributed by atoms with Gasteiger partial charge in [0.2, 0.25) is 0 Å². The summed E-state index contributed by atoms with van der Waals surface area (Å²) in [5.74, 6) is -0.333. The van der Waals surface area contributed by atoms with Gasteiger partial charge >= 0.3 is 7.60 Å². The van der Waals surface area contributed by atoms with Gasteiger partial charge in [-0.2, -0.15) is 0 Å². The second-order valence-corrected chi connectivity index (χ2v) is 12.1. The van der Waals surface area contributed by atoms with Gasteiger partial charge in [-0.05, 0) is 32.6 Å². The van der Waals surface area contributed by atoms with Crippen LogP contribution < -0.4 is 0 Å². The van der Waals surface area contributed by atoms with Gasteiger partial charge in [0.15, 0.2) is 5.78 Å². The maximum atomic E-state index is 12.6. The molecule has 1 N–H and O–H groups in total. The molecule has 0 spiro atoms. The van der Waals surface area contributed by atoms with E-state index in [9.17, 15) is 9.46 Å². The number of hydrogen-bond acceptors (Lipinski definition) is 2. The minimum atomic E-state index is -3.56. The summed E-state index contributed by atoms with van der Waals surface area (Å²) in [7, 11) is 2.35. The molecule has 2 unspecified atom stereocenters. The molecule has 31 heavy (non-hydrogen) atoms. The summed E-state index contributed by atoms with van der Waals surface area (Å²) in [6, 6.07) is 0. The Labute approximate surface area is 195 Å². The molecule has 0 aromatic rings. The Morgan fingerprint density at radius 2 is 1.23 bits per heavy atom. The Balaban J connectivity index is 3.51. The number of allylic oxidation sites excluding steroid dienone is 2.